The molecule has 2 atom stereocenters. The van der Waals surface area contributed by atoms with Crippen molar-refractivity contribution >= 4 is 21.5 Å². The first kappa shape index (κ1) is 62.1. The number of rotatable bonds is 11. The summed E-state index contributed by atoms with van der Waals surface area (Å²) in [5, 5.41) is 24.7. The summed E-state index contributed by atoms with van der Waals surface area (Å²) < 4.78 is 0. The lowest BCUT2D eigenvalue weighted by Crippen LogP contribution is -2.28. The number of benzene rings is 15. The molecular weight excluding hydrogens is 1270 g/mol. The largest absolute Gasteiger partial charge is 0.208 e. The SMILES string of the molecule is N#Cc1cccc(C2(c3ccccc3)c3ccccc3-c3c2cc(-c2ccc(-c4nc(-c5ccccc5)nc(-c5ccccc5)n4)cc2)c2ccccc32)c1.N#Cc1cccc(C2(c3ccccc3)c3ccccc3-c3c2cc(-c2nc(-c4ccccc4)nc(-c4ccccc4)n2)c2ccccc32)c1. The summed E-state index contributed by atoms with van der Waals surface area (Å²) >= 11 is 0. The van der Waals surface area contributed by atoms with Crippen molar-refractivity contribution in [2.24, 2.45) is 0 Å². The first-order chi connectivity index (χ1) is 51.5. The van der Waals surface area contributed by atoms with E-state index in [0.29, 0.717) is 46.1 Å². The van der Waals surface area contributed by atoms with Gasteiger partial charge in [0.15, 0.2) is 34.9 Å². The predicted octanol–water partition coefficient (Wildman–Crippen LogP) is 22.2. The van der Waals surface area contributed by atoms with Crippen molar-refractivity contribution in [3.8, 4) is 114 Å². The molecule has 0 radical (unpaired) electrons. The number of hydrogen-bond donors (Lipinski definition) is 0. The van der Waals surface area contributed by atoms with Gasteiger partial charge in [0.1, 0.15) is 0 Å². The van der Waals surface area contributed by atoms with Crippen LogP contribution >= 0.6 is 0 Å². The van der Waals surface area contributed by atoms with E-state index in [1.54, 1.807) is 0 Å². The molecule has 8 nitrogen and oxygen atoms in total. The van der Waals surface area contributed by atoms with Gasteiger partial charge in [-0.05, 0) is 136 Å². The van der Waals surface area contributed by atoms with E-state index in [4.69, 9.17) is 29.9 Å². The number of fused-ring (bicyclic) bond motifs is 10. The van der Waals surface area contributed by atoms with E-state index in [9.17, 15) is 10.5 Å². The highest BCUT2D eigenvalue weighted by Crippen LogP contribution is 2.61. The van der Waals surface area contributed by atoms with Crippen LogP contribution in [0.3, 0.4) is 0 Å². The maximum atomic E-state index is 10.1. The number of nitriles is 2. The van der Waals surface area contributed by atoms with Crippen molar-refractivity contribution in [1.29, 1.82) is 10.5 Å². The molecule has 19 rings (SSSR count). The Morgan fingerprint density at radius 1 is 0.202 bits per heavy atom. The summed E-state index contributed by atoms with van der Waals surface area (Å²) in [6.45, 7) is 0. The quantitative estimate of drug-likeness (QED) is 0.125. The van der Waals surface area contributed by atoms with Crippen molar-refractivity contribution in [1.82, 2.24) is 29.9 Å². The van der Waals surface area contributed by atoms with E-state index in [1.807, 2.05) is 152 Å². The third kappa shape index (κ3) is 10.4. The summed E-state index contributed by atoms with van der Waals surface area (Å²) in [6, 6.07) is 131. The maximum Gasteiger partial charge on any atom is 0.164 e. The van der Waals surface area contributed by atoms with Crippen LogP contribution in [0.1, 0.15) is 55.6 Å². The molecule has 0 amide bonds. The molecule has 0 saturated carbocycles. The Labute approximate surface area is 602 Å². The zero-order valence-corrected chi connectivity index (χ0v) is 56.2. The topological polar surface area (TPSA) is 125 Å². The molecule has 2 aliphatic rings. The summed E-state index contributed by atoms with van der Waals surface area (Å²) in [7, 11) is 0. The van der Waals surface area contributed by atoms with E-state index < -0.39 is 10.8 Å². The van der Waals surface area contributed by atoms with Gasteiger partial charge in [0.2, 0.25) is 0 Å². The number of aromatic nitrogens is 6. The number of nitrogens with zero attached hydrogens (tertiary/aromatic N) is 8. The average Bonchev–Trinajstić information content (AvgIpc) is 1.53. The molecule has 8 heteroatoms. The molecule has 0 spiro atoms. The molecule has 0 N–H and O–H groups in total. The van der Waals surface area contributed by atoms with Crippen LogP contribution in [0.4, 0.5) is 0 Å². The number of hydrogen-bond acceptors (Lipinski definition) is 8. The zero-order chi connectivity index (χ0) is 69.6. The molecule has 17 aromatic rings. The van der Waals surface area contributed by atoms with Gasteiger partial charge in [0, 0.05) is 33.4 Å². The Hall–Kier alpha value is -14.2. The van der Waals surface area contributed by atoms with E-state index >= 15 is 0 Å². The first-order valence-corrected chi connectivity index (χ1v) is 34.8. The van der Waals surface area contributed by atoms with E-state index in [2.05, 4.69) is 224 Å². The molecule has 2 unspecified atom stereocenters. The van der Waals surface area contributed by atoms with Gasteiger partial charge in [0.25, 0.3) is 0 Å². The lowest BCUT2D eigenvalue weighted by atomic mass is 9.67. The fourth-order valence-electron chi connectivity index (χ4n) is 16.0. The first-order valence-electron chi connectivity index (χ1n) is 34.8. The molecule has 2 aliphatic carbocycles. The highest BCUT2D eigenvalue weighted by molar-refractivity contribution is 6.11. The Balaban J connectivity index is 0.000000149. The summed E-state index contributed by atoms with van der Waals surface area (Å²) in [5.41, 5.74) is 21.6. The standard InChI is InChI=1S/C51H32N4.C45H28N4/c52-33-34-15-14-22-40(31-34)51(39-20-8-3-9-21-39)45-26-13-12-25-43(45)47-42-24-11-10-23-41(42)44(32-46(47)51)35-27-29-38(30-28-35)50-54-48(36-16-4-1-5-17-36)53-49(55-50)37-18-6-2-7-19-37;46-29-30-15-14-22-34(27-30)45(33-20-8-3-9-21-33)39-26-13-12-25-37(39)41-36-24-11-10-23-35(36)38(28-40(41)45)44-48-42(31-16-4-1-5-17-31)47-43(49-44)32-18-6-2-7-19-32/h1-32H;1-28H. The van der Waals surface area contributed by atoms with Crippen LogP contribution in [-0.2, 0) is 10.8 Å². The third-order valence-corrected chi connectivity index (χ3v) is 20.5. The molecule has 2 aromatic heterocycles. The minimum atomic E-state index is -0.698. The van der Waals surface area contributed by atoms with Crippen LogP contribution in [0.5, 0.6) is 0 Å². The summed E-state index contributed by atoms with van der Waals surface area (Å²) in [5.74, 6) is 3.73. The predicted molar refractivity (Wildman–Crippen MR) is 417 cm³/mol. The normalized spacial score (nSPS) is 14.4. The molecule has 0 saturated heterocycles. The Kier molecular flexibility index (Phi) is 15.6. The Morgan fingerprint density at radius 2 is 0.490 bits per heavy atom. The zero-order valence-electron chi connectivity index (χ0n) is 56.2. The molecular formula is C96H60N8. The van der Waals surface area contributed by atoms with Crippen LogP contribution in [0.25, 0.3) is 123 Å². The monoisotopic (exact) mass is 1320 g/mol. The van der Waals surface area contributed by atoms with Crippen LogP contribution in [-0.4, -0.2) is 29.9 Å². The van der Waals surface area contributed by atoms with E-state index in [0.717, 1.165) is 83.1 Å². The van der Waals surface area contributed by atoms with Gasteiger partial charge < -0.3 is 0 Å². The Morgan fingerprint density at radius 3 is 0.875 bits per heavy atom. The fraction of sp³-hybridized carbons (Fsp3) is 0.0208. The van der Waals surface area contributed by atoms with Gasteiger partial charge in [0.05, 0.1) is 34.1 Å². The highest BCUT2D eigenvalue weighted by atomic mass is 15.0. The molecule has 15 aromatic carbocycles. The second kappa shape index (κ2) is 26.2. The lowest BCUT2D eigenvalue weighted by Gasteiger charge is -2.34. The van der Waals surface area contributed by atoms with Crippen molar-refractivity contribution in [3.63, 3.8) is 0 Å². The Bertz CT molecular complexity index is 6120. The highest BCUT2D eigenvalue weighted by Gasteiger charge is 2.49. The summed E-state index contributed by atoms with van der Waals surface area (Å²) in [4.78, 5) is 30.2. The minimum Gasteiger partial charge on any atom is -0.208 e. The molecule has 0 fully saturated rings. The molecule has 0 aliphatic heterocycles. The second-order valence-electron chi connectivity index (χ2n) is 26.1. The smallest absolute Gasteiger partial charge is 0.164 e. The van der Waals surface area contributed by atoms with Crippen LogP contribution < -0.4 is 0 Å². The minimum absolute atomic E-state index is 0.607. The van der Waals surface area contributed by atoms with Gasteiger partial charge in [-0.1, -0.05) is 328 Å². The van der Waals surface area contributed by atoms with Crippen LogP contribution in [0.2, 0.25) is 0 Å². The van der Waals surface area contributed by atoms with E-state index in [1.165, 1.54) is 49.7 Å². The maximum absolute atomic E-state index is 10.1. The van der Waals surface area contributed by atoms with Gasteiger partial charge in [-0.25, -0.2) is 29.9 Å². The fourth-order valence-corrected chi connectivity index (χ4v) is 16.0. The van der Waals surface area contributed by atoms with Gasteiger partial charge in [-0.2, -0.15) is 10.5 Å². The molecule has 484 valence electrons. The van der Waals surface area contributed by atoms with E-state index in [-0.39, 0.29) is 0 Å². The molecule has 104 heavy (non-hydrogen) atoms. The average molecular weight is 1330 g/mol. The van der Waals surface area contributed by atoms with Gasteiger partial charge in [-0.15, -0.1) is 0 Å². The van der Waals surface area contributed by atoms with Crippen LogP contribution in [0.15, 0.2) is 364 Å². The molecule has 0 bridgehead atoms. The van der Waals surface area contributed by atoms with Crippen LogP contribution in [0, 0.1) is 22.7 Å². The van der Waals surface area contributed by atoms with Crippen molar-refractivity contribution in [3.05, 3.63) is 420 Å². The van der Waals surface area contributed by atoms with Gasteiger partial charge >= 0.3 is 0 Å². The van der Waals surface area contributed by atoms with Crippen molar-refractivity contribution in [2.45, 2.75) is 10.8 Å². The second-order valence-corrected chi connectivity index (χ2v) is 26.1. The summed E-state index contributed by atoms with van der Waals surface area (Å²) in [6.07, 6.45) is 0. The van der Waals surface area contributed by atoms with Gasteiger partial charge in [-0.3, -0.25) is 0 Å². The molecule has 2 heterocycles. The third-order valence-electron chi connectivity index (χ3n) is 20.5. The van der Waals surface area contributed by atoms with Crippen molar-refractivity contribution in [2.75, 3.05) is 0 Å². The van der Waals surface area contributed by atoms with Crippen molar-refractivity contribution < 1.29 is 0 Å². The lowest BCUT2D eigenvalue weighted by molar-refractivity contribution is 0.768.